The lowest BCUT2D eigenvalue weighted by atomic mass is 9.91. The number of pyridine rings is 2. The van der Waals surface area contributed by atoms with E-state index >= 15 is 0 Å². The Kier molecular flexibility index (Phi) is 6.17. The van der Waals surface area contributed by atoms with Crippen molar-refractivity contribution >= 4 is 43.2 Å². The monoisotopic (exact) mass is 584 g/mol. The van der Waals surface area contributed by atoms with Crippen molar-refractivity contribution in [3.63, 3.8) is 0 Å². The van der Waals surface area contributed by atoms with E-state index in [1.807, 2.05) is 18.3 Å². The second-order valence-electron chi connectivity index (χ2n) is 11.8. The molecule has 0 unspecified atom stereocenters. The standard InChI is InChI=1S/C44H28N2/c1-2-11-30-24-35(20-19-29(30)10-1)44-28-40(31-13-9-14-34(25-31)42-18-7-8-23-45-42)41-27-33(21-22-43(41)46-44)39-26-32-12-3-4-15-36(32)37-16-5-6-17-38(37)39/h1-28H. The molecule has 9 rings (SSSR count). The predicted octanol–water partition coefficient (Wildman–Crippen LogP) is 11.8. The fraction of sp³-hybridized carbons (Fsp3) is 0. The molecular formula is C44H28N2. The summed E-state index contributed by atoms with van der Waals surface area (Å²) in [5.74, 6) is 0. The third kappa shape index (κ3) is 4.51. The largest absolute Gasteiger partial charge is 0.256 e. The van der Waals surface area contributed by atoms with Gasteiger partial charge in [0.05, 0.1) is 16.9 Å². The summed E-state index contributed by atoms with van der Waals surface area (Å²) in [5, 5.41) is 8.59. The van der Waals surface area contributed by atoms with Crippen LogP contribution in [0.2, 0.25) is 0 Å². The Morgan fingerprint density at radius 1 is 0.326 bits per heavy atom. The summed E-state index contributed by atoms with van der Waals surface area (Å²) in [6, 6.07) is 58.6. The Bertz CT molecular complexity index is 2580. The minimum Gasteiger partial charge on any atom is -0.256 e. The van der Waals surface area contributed by atoms with E-state index < -0.39 is 0 Å². The number of aromatic nitrogens is 2. The van der Waals surface area contributed by atoms with Crippen molar-refractivity contribution in [2.24, 2.45) is 0 Å². The average molecular weight is 585 g/mol. The molecule has 0 saturated heterocycles. The molecule has 0 amide bonds. The summed E-state index contributed by atoms with van der Waals surface area (Å²) in [7, 11) is 0. The molecule has 2 nitrogen and oxygen atoms in total. The van der Waals surface area contributed by atoms with Crippen LogP contribution in [0.25, 0.3) is 88.0 Å². The second-order valence-corrected chi connectivity index (χ2v) is 11.8. The Morgan fingerprint density at radius 3 is 1.87 bits per heavy atom. The van der Waals surface area contributed by atoms with Crippen molar-refractivity contribution in [2.75, 3.05) is 0 Å². The highest BCUT2D eigenvalue weighted by atomic mass is 14.7. The molecule has 2 heteroatoms. The maximum absolute atomic E-state index is 5.25. The van der Waals surface area contributed by atoms with E-state index in [0.29, 0.717) is 0 Å². The molecule has 7 aromatic carbocycles. The summed E-state index contributed by atoms with van der Waals surface area (Å²) in [5.41, 5.74) is 9.77. The number of fused-ring (bicyclic) bond motifs is 5. The van der Waals surface area contributed by atoms with E-state index in [1.54, 1.807) is 0 Å². The molecule has 214 valence electrons. The smallest absolute Gasteiger partial charge is 0.0716 e. The molecule has 0 aliphatic heterocycles. The van der Waals surface area contributed by atoms with E-state index in [0.717, 1.165) is 44.5 Å². The van der Waals surface area contributed by atoms with Crippen LogP contribution in [0, 0.1) is 0 Å². The third-order valence-corrected chi connectivity index (χ3v) is 9.07. The molecule has 2 heterocycles. The molecule has 46 heavy (non-hydrogen) atoms. The molecule has 0 aliphatic carbocycles. The molecule has 0 fully saturated rings. The number of rotatable bonds is 4. The normalized spacial score (nSPS) is 11.5. The van der Waals surface area contributed by atoms with Gasteiger partial charge in [-0.2, -0.15) is 0 Å². The lowest BCUT2D eigenvalue weighted by molar-refractivity contribution is 1.33. The van der Waals surface area contributed by atoms with E-state index in [4.69, 9.17) is 4.98 Å². The SMILES string of the molecule is c1ccc(-c2cccc(-c3cc(-c4ccc5ccccc5c4)nc4ccc(-c5cc6ccccc6c6ccccc56)cc34)c2)nc1. The first-order valence-electron chi connectivity index (χ1n) is 15.7. The van der Waals surface area contributed by atoms with E-state index in [9.17, 15) is 0 Å². The zero-order valence-electron chi connectivity index (χ0n) is 25.1. The maximum Gasteiger partial charge on any atom is 0.0716 e. The quantitative estimate of drug-likeness (QED) is 0.192. The van der Waals surface area contributed by atoms with Crippen LogP contribution in [-0.2, 0) is 0 Å². The highest BCUT2D eigenvalue weighted by Crippen LogP contribution is 2.39. The lowest BCUT2D eigenvalue weighted by Crippen LogP contribution is -1.92. The summed E-state index contributed by atoms with van der Waals surface area (Å²) < 4.78 is 0. The van der Waals surface area contributed by atoms with Crippen molar-refractivity contribution in [3.05, 3.63) is 170 Å². The van der Waals surface area contributed by atoms with Crippen molar-refractivity contribution < 1.29 is 0 Å². The van der Waals surface area contributed by atoms with Gasteiger partial charge in [-0.3, -0.25) is 4.98 Å². The Morgan fingerprint density at radius 2 is 1.00 bits per heavy atom. The number of hydrogen-bond acceptors (Lipinski definition) is 2. The lowest BCUT2D eigenvalue weighted by Gasteiger charge is -2.15. The molecule has 0 saturated carbocycles. The molecule has 0 bridgehead atoms. The summed E-state index contributed by atoms with van der Waals surface area (Å²) >= 11 is 0. The topological polar surface area (TPSA) is 25.8 Å². The molecule has 0 radical (unpaired) electrons. The highest BCUT2D eigenvalue weighted by Gasteiger charge is 2.15. The van der Waals surface area contributed by atoms with E-state index in [2.05, 4.69) is 157 Å². The van der Waals surface area contributed by atoms with Gasteiger partial charge in [-0.25, -0.2) is 4.98 Å². The summed E-state index contributed by atoms with van der Waals surface area (Å²) in [6.07, 6.45) is 1.85. The number of hydrogen-bond donors (Lipinski definition) is 0. The van der Waals surface area contributed by atoms with Crippen molar-refractivity contribution in [1.29, 1.82) is 0 Å². The Balaban J connectivity index is 1.30. The van der Waals surface area contributed by atoms with Crippen LogP contribution in [0.1, 0.15) is 0 Å². The molecule has 0 N–H and O–H groups in total. The summed E-state index contributed by atoms with van der Waals surface area (Å²) in [4.78, 5) is 9.89. The van der Waals surface area contributed by atoms with Gasteiger partial charge in [-0.05, 0) is 103 Å². The van der Waals surface area contributed by atoms with Crippen LogP contribution >= 0.6 is 0 Å². The zero-order valence-corrected chi connectivity index (χ0v) is 25.1. The Hall–Kier alpha value is -6.12. The van der Waals surface area contributed by atoms with Crippen molar-refractivity contribution in [3.8, 4) is 44.8 Å². The van der Waals surface area contributed by atoms with Crippen LogP contribution in [0.15, 0.2) is 170 Å². The molecule has 0 spiro atoms. The van der Waals surface area contributed by atoms with Crippen LogP contribution in [0.5, 0.6) is 0 Å². The van der Waals surface area contributed by atoms with Crippen molar-refractivity contribution in [1.82, 2.24) is 9.97 Å². The molecule has 2 aromatic heterocycles. The molecular weight excluding hydrogens is 556 g/mol. The number of nitrogens with zero attached hydrogens (tertiary/aromatic N) is 2. The van der Waals surface area contributed by atoms with Crippen LogP contribution in [0.4, 0.5) is 0 Å². The minimum atomic E-state index is 0.959. The zero-order chi connectivity index (χ0) is 30.5. The van der Waals surface area contributed by atoms with Crippen molar-refractivity contribution in [2.45, 2.75) is 0 Å². The Labute approximate surface area is 267 Å². The third-order valence-electron chi connectivity index (χ3n) is 9.07. The van der Waals surface area contributed by atoms with Crippen LogP contribution in [0.3, 0.4) is 0 Å². The van der Waals surface area contributed by atoms with Gasteiger partial charge in [0.2, 0.25) is 0 Å². The van der Waals surface area contributed by atoms with E-state index in [-0.39, 0.29) is 0 Å². The van der Waals surface area contributed by atoms with Gasteiger partial charge in [-0.1, -0.05) is 115 Å². The fourth-order valence-electron chi connectivity index (χ4n) is 6.80. The van der Waals surface area contributed by atoms with Crippen LogP contribution < -0.4 is 0 Å². The van der Waals surface area contributed by atoms with Gasteiger partial charge in [0.15, 0.2) is 0 Å². The van der Waals surface area contributed by atoms with Gasteiger partial charge in [0, 0.05) is 22.7 Å². The fourth-order valence-corrected chi connectivity index (χ4v) is 6.80. The minimum absolute atomic E-state index is 0.959. The molecule has 9 aromatic rings. The second kappa shape index (κ2) is 10.8. The van der Waals surface area contributed by atoms with Crippen LogP contribution in [-0.4, -0.2) is 9.97 Å². The van der Waals surface area contributed by atoms with E-state index in [1.165, 1.54) is 43.4 Å². The maximum atomic E-state index is 5.25. The summed E-state index contributed by atoms with van der Waals surface area (Å²) in [6.45, 7) is 0. The highest BCUT2D eigenvalue weighted by molar-refractivity contribution is 6.14. The van der Waals surface area contributed by atoms with Gasteiger partial charge in [-0.15, -0.1) is 0 Å². The predicted molar refractivity (Wildman–Crippen MR) is 194 cm³/mol. The first-order chi connectivity index (χ1) is 22.8. The van der Waals surface area contributed by atoms with Gasteiger partial charge >= 0.3 is 0 Å². The average Bonchev–Trinajstić information content (AvgIpc) is 3.14. The van der Waals surface area contributed by atoms with Gasteiger partial charge < -0.3 is 0 Å². The van der Waals surface area contributed by atoms with Gasteiger partial charge in [0.1, 0.15) is 0 Å². The number of benzene rings is 7. The first-order valence-corrected chi connectivity index (χ1v) is 15.7. The van der Waals surface area contributed by atoms with Gasteiger partial charge in [0.25, 0.3) is 0 Å². The molecule has 0 aliphatic rings. The first kappa shape index (κ1) is 26.3. The molecule has 0 atom stereocenters.